The van der Waals surface area contributed by atoms with Crippen molar-refractivity contribution in [2.24, 2.45) is 5.92 Å². The number of carbonyl (C=O) groups excluding carboxylic acids is 2. The molecular weight excluding hydrogens is 300 g/mol. The second-order valence-corrected chi connectivity index (χ2v) is 7.54. The van der Waals surface area contributed by atoms with Crippen LogP contribution < -0.4 is 5.32 Å². The average molecular weight is 326 g/mol. The summed E-state index contributed by atoms with van der Waals surface area (Å²) in [5.41, 5.74) is 2.61. The molecule has 3 aliphatic rings. The van der Waals surface area contributed by atoms with Crippen LogP contribution >= 0.6 is 0 Å². The van der Waals surface area contributed by atoms with Crippen LogP contribution in [0.15, 0.2) is 24.3 Å². The fourth-order valence-electron chi connectivity index (χ4n) is 4.67. The van der Waals surface area contributed by atoms with Crippen molar-refractivity contribution in [1.29, 1.82) is 0 Å². The van der Waals surface area contributed by atoms with Crippen LogP contribution in [-0.4, -0.2) is 29.3 Å². The van der Waals surface area contributed by atoms with Gasteiger partial charge in [0.2, 0.25) is 11.8 Å². The molecule has 1 aliphatic heterocycles. The van der Waals surface area contributed by atoms with Gasteiger partial charge in [0.05, 0.1) is 12.0 Å². The fraction of sp³-hybridized carbons (Fsp3) is 0.600. The fourth-order valence-corrected chi connectivity index (χ4v) is 4.67. The SMILES string of the molecule is O=C(N[C@@H]1CCCc2ccccc21)[C@@H]1CC(=O)N(C2CCCC2)C1. The summed E-state index contributed by atoms with van der Waals surface area (Å²) in [4.78, 5) is 27.0. The molecule has 4 rings (SSSR count). The molecule has 4 nitrogen and oxygen atoms in total. The number of rotatable bonds is 3. The Balaban J connectivity index is 1.41. The number of likely N-dealkylation sites (tertiary alicyclic amines) is 1. The van der Waals surface area contributed by atoms with Gasteiger partial charge in [0.25, 0.3) is 0 Å². The summed E-state index contributed by atoms with van der Waals surface area (Å²) in [7, 11) is 0. The second kappa shape index (κ2) is 6.58. The Morgan fingerprint density at radius 2 is 1.88 bits per heavy atom. The van der Waals surface area contributed by atoms with Crippen molar-refractivity contribution >= 4 is 11.8 Å². The van der Waals surface area contributed by atoms with E-state index in [2.05, 4.69) is 23.5 Å². The minimum Gasteiger partial charge on any atom is -0.349 e. The molecule has 24 heavy (non-hydrogen) atoms. The van der Waals surface area contributed by atoms with Crippen LogP contribution in [0.2, 0.25) is 0 Å². The number of hydrogen-bond acceptors (Lipinski definition) is 2. The van der Waals surface area contributed by atoms with Gasteiger partial charge in [-0.3, -0.25) is 9.59 Å². The molecule has 2 amide bonds. The first-order valence-electron chi connectivity index (χ1n) is 9.40. The van der Waals surface area contributed by atoms with Crippen molar-refractivity contribution in [1.82, 2.24) is 10.2 Å². The van der Waals surface area contributed by atoms with Crippen molar-refractivity contribution in [2.45, 2.75) is 63.5 Å². The van der Waals surface area contributed by atoms with Gasteiger partial charge in [-0.05, 0) is 43.2 Å². The lowest BCUT2D eigenvalue weighted by Gasteiger charge is -2.28. The van der Waals surface area contributed by atoms with Crippen LogP contribution in [0.4, 0.5) is 0 Å². The van der Waals surface area contributed by atoms with E-state index in [1.807, 2.05) is 11.0 Å². The highest BCUT2D eigenvalue weighted by molar-refractivity contribution is 5.89. The quantitative estimate of drug-likeness (QED) is 0.928. The van der Waals surface area contributed by atoms with Gasteiger partial charge in [0.15, 0.2) is 0 Å². The lowest BCUT2D eigenvalue weighted by Crippen LogP contribution is -2.38. The molecule has 1 saturated heterocycles. The predicted molar refractivity (Wildman–Crippen MR) is 92.3 cm³/mol. The van der Waals surface area contributed by atoms with E-state index in [-0.39, 0.29) is 23.8 Å². The largest absolute Gasteiger partial charge is 0.349 e. The number of nitrogens with zero attached hydrogens (tertiary/aromatic N) is 1. The Morgan fingerprint density at radius 3 is 2.71 bits per heavy atom. The van der Waals surface area contributed by atoms with Gasteiger partial charge in [0, 0.05) is 19.0 Å². The molecule has 128 valence electrons. The molecule has 0 unspecified atom stereocenters. The molecule has 0 aromatic heterocycles. The zero-order chi connectivity index (χ0) is 16.5. The number of carbonyl (C=O) groups is 2. The van der Waals surface area contributed by atoms with Crippen molar-refractivity contribution < 1.29 is 9.59 Å². The molecule has 2 aliphatic carbocycles. The normalized spacial score (nSPS) is 27.3. The van der Waals surface area contributed by atoms with Gasteiger partial charge >= 0.3 is 0 Å². The Bertz CT molecular complexity index is 636. The van der Waals surface area contributed by atoms with E-state index >= 15 is 0 Å². The maximum atomic E-state index is 12.7. The molecule has 1 aromatic carbocycles. The number of fused-ring (bicyclic) bond motifs is 1. The van der Waals surface area contributed by atoms with E-state index in [1.54, 1.807) is 0 Å². The zero-order valence-electron chi connectivity index (χ0n) is 14.2. The molecule has 2 atom stereocenters. The van der Waals surface area contributed by atoms with Crippen molar-refractivity contribution in [2.75, 3.05) is 6.54 Å². The smallest absolute Gasteiger partial charge is 0.225 e. The Morgan fingerprint density at radius 1 is 1.08 bits per heavy atom. The zero-order valence-corrected chi connectivity index (χ0v) is 14.2. The van der Waals surface area contributed by atoms with Crippen LogP contribution in [0.5, 0.6) is 0 Å². The van der Waals surface area contributed by atoms with Gasteiger partial charge < -0.3 is 10.2 Å². The molecule has 0 radical (unpaired) electrons. The summed E-state index contributed by atoms with van der Waals surface area (Å²) in [6, 6.07) is 8.89. The van der Waals surface area contributed by atoms with E-state index in [1.165, 1.54) is 24.0 Å². The Hall–Kier alpha value is -1.84. The molecule has 2 fully saturated rings. The third kappa shape index (κ3) is 2.94. The van der Waals surface area contributed by atoms with Gasteiger partial charge in [-0.25, -0.2) is 0 Å². The van der Waals surface area contributed by atoms with E-state index in [4.69, 9.17) is 0 Å². The Kier molecular flexibility index (Phi) is 4.30. The first-order chi connectivity index (χ1) is 11.7. The molecule has 0 bridgehead atoms. The third-order valence-electron chi connectivity index (χ3n) is 5.98. The van der Waals surface area contributed by atoms with Gasteiger partial charge in [-0.2, -0.15) is 0 Å². The first-order valence-corrected chi connectivity index (χ1v) is 9.40. The maximum absolute atomic E-state index is 12.7. The number of nitrogens with one attached hydrogen (secondary N) is 1. The monoisotopic (exact) mass is 326 g/mol. The summed E-state index contributed by atoms with van der Waals surface area (Å²) in [5, 5.41) is 3.23. The first kappa shape index (κ1) is 15.7. The molecule has 1 N–H and O–H groups in total. The van der Waals surface area contributed by atoms with E-state index in [0.29, 0.717) is 19.0 Å². The van der Waals surface area contributed by atoms with Gasteiger partial charge in [-0.1, -0.05) is 37.1 Å². The third-order valence-corrected chi connectivity index (χ3v) is 5.98. The van der Waals surface area contributed by atoms with Crippen molar-refractivity contribution in [3.8, 4) is 0 Å². The summed E-state index contributed by atoms with van der Waals surface area (Å²) in [6.45, 7) is 0.615. The predicted octanol–water partition coefficient (Wildman–Crippen LogP) is 2.97. The molecule has 1 aromatic rings. The molecule has 1 saturated carbocycles. The summed E-state index contributed by atoms with van der Waals surface area (Å²) < 4.78 is 0. The van der Waals surface area contributed by atoms with Crippen LogP contribution in [0.1, 0.15) is 62.1 Å². The Labute approximate surface area is 143 Å². The highest BCUT2D eigenvalue weighted by atomic mass is 16.2. The minimum atomic E-state index is -0.174. The molecule has 1 heterocycles. The number of hydrogen-bond donors (Lipinski definition) is 1. The average Bonchev–Trinajstić information content (AvgIpc) is 3.24. The summed E-state index contributed by atoms with van der Waals surface area (Å²) >= 11 is 0. The van der Waals surface area contributed by atoms with Crippen molar-refractivity contribution in [3.05, 3.63) is 35.4 Å². The minimum absolute atomic E-state index is 0.0607. The maximum Gasteiger partial charge on any atom is 0.225 e. The lowest BCUT2D eigenvalue weighted by molar-refractivity contribution is -0.130. The number of aryl methyl sites for hydroxylation is 1. The summed E-state index contributed by atoms with van der Waals surface area (Å²) in [6.07, 6.45) is 8.23. The molecule has 0 spiro atoms. The number of amides is 2. The topological polar surface area (TPSA) is 49.4 Å². The van der Waals surface area contributed by atoms with Crippen LogP contribution in [0.25, 0.3) is 0 Å². The van der Waals surface area contributed by atoms with E-state index in [0.717, 1.165) is 32.1 Å². The highest BCUT2D eigenvalue weighted by Crippen LogP contribution is 2.32. The van der Waals surface area contributed by atoms with E-state index in [9.17, 15) is 9.59 Å². The van der Waals surface area contributed by atoms with Crippen molar-refractivity contribution in [3.63, 3.8) is 0 Å². The van der Waals surface area contributed by atoms with Crippen LogP contribution in [0, 0.1) is 5.92 Å². The highest BCUT2D eigenvalue weighted by Gasteiger charge is 2.39. The number of benzene rings is 1. The molecule has 4 heteroatoms. The van der Waals surface area contributed by atoms with Crippen LogP contribution in [0.3, 0.4) is 0 Å². The summed E-state index contributed by atoms with van der Waals surface area (Å²) in [5.74, 6) is 0.0591. The second-order valence-electron chi connectivity index (χ2n) is 7.54. The van der Waals surface area contributed by atoms with Gasteiger partial charge in [0.1, 0.15) is 0 Å². The van der Waals surface area contributed by atoms with Gasteiger partial charge in [-0.15, -0.1) is 0 Å². The molecular formula is C20H26N2O2. The lowest BCUT2D eigenvalue weighted by atomic mass is 9.87. The van der Waals surface area contributed by atoms with E-state index < -0.39 is 0 Å². The van der Waals surface area contributed by atoms with Crippen LogP contribution in [-0.2, 0) is 16.0 Å². The standard InChI is InChI=1S/C20H26N2O2/c23-19-12-15(13-22(19)16-8-2-3-9-16)20(24)21-18-11-5-7-14-6-1-4-10-17(14)18/h1,4,6,10,15-16,18H,2-3,5,7-9,11-13H2,(H,21,24)/t15-,18-/m1/s1.